The molecule has 21 heavy (non-hydrogen) atoms. The van der Waals surface area contributed by atoms with E-state index in [1.54, 1.807) is 24.3 Å². The third-order valence-corrected chi connectivity index (χ3v) is 4.43. The summed E-state index contributed by atoms with van der Waals surface area (Å²) in [5, 5.41) is 0. The van der Waals surface area contributed by atoms with Gasteiger partial charge in [-0.25, -0.2) is 13.1 Å². The van der Waals surface area contributed by atoms with Gasteiger partial charge in [-0.1, -0.05) is 36.4 Å². The molecule has 0 spiro atoms. The molecule has 0 amide bonds. The van der Waals surface area contributed by atoms with Gasteiger partial charge in [0.05, 0.1) is 5.75 Å². The van der Waals surface area contributed by atoms with Crippen molar-refractivity contribution in [2.24, 2.45) is 0 Å². The molecule has 1 heterocycles. The van der Waals surface area contributed by atoms with Crippen LogP contribution in [-0.2, 0) is 22.3 Å². The standard InChI is InChI=1S/C15H15NO4S/c17-21(18,10-12-4-2-1-3-5-12)16-9-13-6-7-14-15(8-13)20-11-19-14/h1-8,16H,9-11H2. The average molecular weight is 305 g/mol. The first-order valence-corrected chi connectivity index (χ1v) is 8.17. The predicted molar refractivity (Wildman–Crippen MR) is 78.5 cm³/mol. The second kappa shape index (κ2) is 5.75. The maximum absolute atomic E-state index is 12.0. The Balaban J connectivity index is 1.64. The van der Waals surface area contributed by atoms with E-state index < -0.39 is 10.0 Å². The zero-order chi connectivity index (χ0) is 14.7. The summed E-state index contributed by atoms with van der Waals surface area (Å²) in [6.45, 7) is 0.435. The average Bonchev–Trinajstić information content (AvgIpc) is 2.93. The zero-order valence-electron chi connectivity index (χ0n) is 11.3. The number of hydrogen-bond donors (Lipinski definition) is 1. The minimum absolute atomic E-state index is 0.0294. The van der Waals surface area contributed by atoms with Gasteiger partial charge in [-0.3, -0.25) is 0 Å². The summed E-state index contributed by atoms with van der Waals surface area (Å²) in [4.78, 5) is 0. The lowest BCUT2D eigenvalue weighted by Crippen LogP contribution is -2.24. The van der Waals surface area contributed by atoms with Gasteiger partial charge in [0, 0.05) is 6.54 Å². The molecule has 6 heteroatoms. The molecule has 3 rings (SSSR count). The second-order valence-electron chi connectivity index (χ2n) is 4.75. The largest absolute Gasteiger partial charge is 0.454 e. The molecule has 1 aliphatic rings. The summed E-state index contributed by atoms with van der Waals surface area (Å²) in [6.07, 6.45) is 0. The third-order valence-electron chi connectivity index (χ3n) is 3.13. The summed E-state index contributed by atoms with van der Waals surface area (Å²) in [5.41, 5.74) is 1.59. The highest BCUT2D eigenvalue weighted by Gasteiger charge is 2.15. The number of sulfonamides is 1. The SMILES string of the molecule is O=S(=O)(Cc1ccccc1)NCc1ccc2c(c1)OCO2. The van der Waals surface area contributed by atoms with E-state index in [0.717, 1.165) is 11.1 Å². The number of rotatable bonds is 5. The normalized spacial score (nSPS) is 13.3. The van der Waals surface area contributed by atoms with Crippen molar-refractivity contribution in [3.8, 4) is 11.5 Å². The molecule has 0 atom stereocenters. The van der Waals surface area contributed by atoms with Gasteiger partial charge in [0.2, 0.25) is 16.8 Å². The fourth-order valence-electron chi connectivity index (χ4n) is 2.09. The molecule has 1 N–H and O–H groups in total. The number of fused-ring (bicyclic) bond motifs is 1. The van der Waals surface area contributed by atoms with Crippen molar-refractivity contribution in [2.75, 3.05) is 6.79 Å². The van der Waals surface area contributed by atoms with Crippen LogP contribution in [0.4, 0.5) is 0 Å². The van der Waals surface area contributed by atoms with Crippen LogP contribution in [0.2, 0.25) is 0 Å². The molecule has 0 radical (unpaired) electrons. The van der Waals surface area contributed by atoms with Crippen LogP contribution in [0.1, 0.15) is 11.1 Å². The monoisotopic (exact) mass is 305 g/mol. The van der Waals surface area contributed by atoms with Gasteiger partial charge in [0.25, 0.3) is 0 Å². The first kappa shape index (κ1) is 13.9. The Morgan fingerprint density at radius 2 is 1.71 bits per heavy atom. The van der Waals surface area contributed by atoms with Crippen molar-refractivity contribution in [2.45, 2.75) is 12.3 Å². The molecule has 0 saturated heterocycles. The van der Waals surface area contributed by atoms with Gasteiger partial charge in [-0.05, 0) is 23.3 Å². The Morgan fingerprint density at radius 3 is 2.52 bits per heavy atom. The van der Waals surface area contributed by atoms with E-state index in [4.69, 9.17) is 9.47 Å². The highest BCUT2D eigenvalue weighted by molar-refractivity contribution is 7.88. The lowest BCUT2D eigenvalue weighted by molar-refractivity contribution is 0.174. The molecule has 2 aromatic carbocycles. The highest BCUT2D eigenvalue weighted by Crippen LogP contribution is 2.32. The number of benzene rings is 2. The Kier molecular flexibility index (Phi) is 3.81. The van der Waals surface area contributed by atoms with E-state index in [1.165, 1.54) is 0 Å². The van der Waals surface area contributed by atoms with Gasteiger partial charge in [-0.2, -0.15) is 0 Å². The van der Waals surface area contributed by atoms with Crippen molar-refractivity contribution in [3.63, 3.8) is 0 Å². The molecule has 0 bridgehead atoms. The minimum Gasteiger partial charge on any atom is -0.454 e. The van der Waals surface area contributed by atoms with E-state index in [2.05, 4.69) is 4.72 Å². The lowest BCUT2D eigenvalue weighted by atomic mass is 10.2. The predicted octanol–water partition coefficient (Wildman–Crippen LogP) is 2.03. The van der Waals surface area contributed by atoms with Crippen LogP contribution in [0, 0.1) is 0 Å². The van der Waals surface area contributed by atoms with E-state index in [-0.39, 0.29) is 19.1 Å². The summed E-state index contributed by atoms with van der Waals surface area (Å²) in [7, 11) is -3.37. The number of hydrogen-bond acceptors (Lipinski definition) is 4. The van der Waals surface area contributed by atoms with Crippen molar-refractivity contribution in [1.29, 1.82) is 0 Å². The molecule has 0 aromatic heterocycles. The first-order chi connectivity index (χ1) is 10.1. The van der Waals surface area contributed by atoms with Crippen LogP contribution >= 0.6 is 0 Å². The smallest absolute Gasteiger partial charge is 0.231 e. The second-order valence-corrected chi connectivity index (χ2v) is 6.56. The quantitative estimate of drug-likeness (QED) is 0.918. The van der Waals surface area contributed by atoms with Gasteiger partial charge < -0.3 is 9.47 Å². The summed E-state index contributed by atoms with van der Waals surface area (Å²) < 4.78 is 37.2. The van der Waals surface area contributed by atoms with Gasteiger partial charge in [-0.15, -0.1) is 0 Å². The van der Waals surface area contributed by atoms with Gasteiger partial charge in [0.15, 0.2) is 11.5 Å². The van der Waals surface area contributed by atoms with E-state index in [9.17, 15) is 8.42 Å². The maximum Gasteiger partial charge on any atom is 0.231 e. The van der Waals surface area contributed by atoms with E-state index >= 15 is 0 Å². The number of ether oxygens (including phenoxy) is 2. The van der Waals surface area contributed by atoms with Crippen LogP contribution in [-0.4, -0.2) is 15.2 Å². The molecular weight excluding hydrogens is 290 g/mol. The zero-order valence-corrected chi connectivity index (χ0v) is 12.1. The summed E-state index contributed by atoms with van der Waals surface area (Å²) >= 11 is 0. The molecule has 0 aliphatic carbocycles. The maximum atomic E-state index is 12.0. The van der Waals surface area contributed by atoms with Crippen LogP contribution in [0.15, 0.2) is 48.5 Å². The van der Waals surface area contributed by atoms with Crippen LogP contribution in [0.5, 0.6) is 11.5 Å². The topological polar surface area (TPSA) is 64.6 Å². The molecule has 0 saturated carbocycles. The van der Waals surface area contributed by atoms with Crippen LogP contribution in [0.3, 0.4) is 0 Å². The fraction of sp³-hybridized carbons (Fsp3) is 0.200. The molecule has 1 aliphatic heterocycles. The highest BCUT2D eigenvalue weighted by atomic mass is 32.2. The van der Waals surface area contributed by atoms with E-state index in [0.29, 0.717) is 11.5 Å². The number of nitrogens with one attached hydrogen (secondary N) is 1. The lowest BCUT2D eigenvalue weighted by Gasteiger charge is -2.07. The van der Waals surface area contributed by atoms with Crippen molar-refractivity contribution < 1.29 is 17.9 Å². The molecular formula is C15H15NO4S. The van der Waals surface area contributed by atoms with Crippen LogP contribution < -0.4 is 14.2 Å². The first-order valence-electron chi connectivity index (χ1n) is 6.52. The molecule has 0 fully saturated rings. The molecule has 110 valence electrons. The molecule has 2 aromatic rings. The summed E-state index contributed by atoms with van der Waals surface area (Å²) in [5.74, 6) is 1.30. The molecule has 0 unspecified atom stereocenters. The minimum atomic E-state index is -3.37. The van der Waals surface area contributed by atoms with Crippen molar-refractivity contribution >= 4 is 10.0 Å². The fourth-order valence-corrected chi connectivity index (χ4v) is 3.21. The molecule has 5 nitrogen and oxygen atoms in total. The summed E-state index contributed by atoms with van der Waals surface area (Å²) in [6, 6.07) is 14.5. The Hall–Kier alpha value is -2.05. The third kappa shape index (κ3) is 3.53. The Morgan fingerprint density at radius 1 is 0.952 bits per heavy atom. The Labute approximate surface area is 123 Å². The van der Waals surface area contributed by atoms with Gasteiger partial charge in [0.1, 0.15) is 0 Å². The van der Waals surface area contributed by atoms with Crippen molar-refractivity contribution in [3.05, 3.63) is 59.7 Å². The van der Waals surface area contributed by atoms with Gasteiger partial charge >= 0.3 is 0 Å². The van der Waals surface area contributed by atoms with E-state index in [1.807, 2.05) is 24.3 Å². The Bertz CT molecular complexity index is 729. The van der Waals surface area contributed by atoms with Crippen LogP contribution in [0.25, 0.3) is 0 Å². The van der Waals surface area contributed by atoms with Crippen molar-refractivity contribution in [1.82, 2.24) is 4.72 Å².